The number of aryl methyl sites for hydroxylation is 1. The Bertz CT molecular complexity index is 1310. The van der Waals surface area contributed by atoms with Gasteiger partial charge < -0.3 is 20.4 Å². The smallest absolute Gasteiger partial charge is 0.287 e. The largest absolute Gasteiger partial charge is 0.508 e. The molecule has 0 saturated heterocycles. The van der Waals surface area contributed by atoms with E-state index < -0.39 is 11.8 Å². The van der Waals surface area contributed by atoms with Crippen LogP contribution in [0, 0.1) is 13.8 Å². The van der Waals surface area contributed by atoms with Gasteiger partial charge in [0.1, 0.15) is 17.2 Å². The minimum Gasteiger partial charge on any atom is -0.508 e. The SMILES string of the molecule is CCN(CC)c1ccc(C=C(NC(=O)c2ccccc2)C(=O)NN=Cc2c(C)cc(O)c(C)c2O)cc1. The van der Waals surface area contributed by atoms with Crippen molar-refractivity contribution < 1.29 is 19.8 Å². The van der Waals surface area contributed by atoms with Crippen molar-refractivity contribution in [1.82, 2.24) is 10.7 Å². The Morgan fingerprint density at radius 1 is 0.973 bits per heavy atom. The average Bonchev–Trinajstić information content (AvgIpc) is 2.91. The van der Waals surface area contributed by atoms with Crippen molar-refractivity contribution in [3.05, 3.63) is 94.2 Å². The van der Waals surface area contributed by atoms with Crippen LogP contribution in [-0.4, -0.2) is 41.3 Å². The van der Waals surface area contributed by atoms with Crippen LogP contribution in [0.4, 0.5) is 5.69 Å². The monoisotopic (exact) mass is 500 g/mol. The summed E-state index contributed by atoms with van der Waals surface area (Å²) in [7, 11) is 0. The van der Waals surface area contributed by atoms with E-state index in [4.69, 9.17) is 0 Å². The molecule has 0 radical (unpaired) electrons. The van der Waals surface area contributed by atoms with E-state index in [1.165, 1.54) is 12.3 Å². The highest BCUT2D eigenvalue weighted by molar-refractivity contribution is 6.05. The summed E-state index contributed by atoms with van der Waals surface area (Å²) in [5.74, 6) is -1.23. The quantitative estimate of drug-likeness (QED) is 0.196. The second-order valence-corrected chi connectivity index (χ2v) is 8.44. The Balaban J connectivity index is 1.87. The maximum Gasteiger partial charge on any atom is 0.287 e. The average molecular weight is 501 g/mol. The van der Waals surface area contributed by atoms with Crippen molar-refractivity contribution in [3.63, 3.8) is 0 Å². The van der Waals surface area contributed by atoms with Crippen molar-refractivity contribution in [2.45, 2.75) is 27.7 Å². The van der Waals surface area contributed by atoms with Gasteiger partial charge in [-0.3, -0.25) is 9.59 Å². The number of rotatable bonds is 9. The first-order valence-corrected chi connectivity index (χ1v) is 12.0. The van der Waals surface area contributed by atoms with Crippen molar-refractivity contribution in [1.29, 1.82) is 0 Å². The molecule has 37 heavy (non-hydrogen) atoms. The molecule has 0 aromatic heterocycles. The second kappa shape index (κ2) is 12.4. The molecule has 0 fully saturated rings. The molecule has 8 heteroatoms. The summed E-state index contributed by atoms with van der Waals surface area (Å²) in [5, 5.41) is 26.8. The minimum absolute atomic E-state index is 0.00410. The van der Waals surface area contributed by atoms with Gasteiger partial charge in [0, 0.05) is 35.5 Å². The minimum atomic E-state index is -0.638. The number of anilines is 1. The van der Waals surface area contributed by atoms with E-state index >= 15 is 0 Å². The maximum atomic E-state index is 13.0. The number of nitrogens with one attached hydrogen (secondary N) is 2. The second-order valence-electron chi connectivity index (χ2n) is 8.44. The molecule has 0 bridgehead atoms. The molecule has 0 saturated carbocycles. The van der Waals surface area contributed by atoms with Crippen LogP contribution in [0.3, 0.4) is 0 Å². The Hall–Kier alpha value is -4.59. The molecular weight excluding hydrogens is 468 g/mol. The number of hydrazone groups is 1. The van der Waals surface area contributed by atoms with Crippen molar-refractivity contribution in [2.24, 2.45) is 5.10 Å². The predicted octanol–water partition coefficient (Wildman–Crippen LogP) is 4.48. The molecule has 0 spiro atoms. The van der Waals surface area contributed by atoms with Gasteiger partial charge in [0.05, 0.1) is 6.21 Å². The third-order valence-corrected chi connectivity index (χ3v) is 5.99. The number of hydrogen-bond donors (Lipinski definition) is 4. The fourth-order valence-electron chi connectivity index (χ4n) is 3.76. The van der Waals surface area contributed by atoms with Crippen molar-refractivity contribution >= 4 is 29.8 Å². The fourth-order valence-corrected chi connectivity index (χ4v) is 3.76. The van der Waals surface area contributed by atoms with E-state index in [1.54, 1.807) is 50.3 Å². The fraction of sp³-hybridized carbons (Fsp3) is 0.207. The highest BCUT2D eigenvalue weighted by Gasteiger charge is 2.15. The Labute approximate surface area is 217 Å². The summed E-state index contributed by atoms with van der Waals surface area (Å²) in [4.78, 5) is 28.0. The van der Waals surface area contributed by atoms with Crippen LogP contribution in [0.1, 0.15) is 46.5 Å². The van der Waals surface area contributed by atoms with Crippen LogP contribution >= 0.6 is 0 Å². The summed E-state index contributed by atoms with van der Waals surface area (Å²) >= 11 is 0. The zero-order chi connectivity index (χ0) is 26.9. The van der Waals surface area contributed by atoms with E-state index in [0.29, 0.717) is 22.3 Å². The van der Waals surface area contributed by atoms with Crippen LogP contribution in [0.15, 0.2) is 71.5 Å². The number of phenolic OH excluding ortho intramolecular Hbond substituents is 2. The van der Waals surface area contributed by atoms with E-state index in [0.717, 1.165) is 24.3 Å². The summed E-state index contributed by atoms with van der Waals surface area (Å²) in [6.07, 6.45) is 2.87. The van der Waals surface area contributed by atoms with E-state index in [1.807, 2.05) is 24.3 Å². The summed E-state index contributed by atoms with van der Waals surface area (Å²) in [6.45, 7) is 9.20. The van der Waals surface area contributed by atoms with Crippen LogP contribution in [0.5, 0.6) is 11.5 Å². The lowest BCUT2D eigenvalue weighted by Gasteiger charge is -2.21. The lowest BCUT2D eigenvalue weighted by Crippen LogP contribution is -2.32. The van der Waals surface area contributed by atoms with E-state index in [-0.39, 0.29) is 17.2 Å². The Morgan fingerprint density at radius 3 is 2.24 bits per heavy atom. The van der Waals surface area contributed by atoms with Crippen LogP contribution in [0.25, 0.3) is 6.08 Å². The van der Waals surface area contributed by atoms with Gasteiger partial charge in [0.15, 0.2) is 0 Å². The van der Waals surface area contributed by atoms with Crippen LogP contribution < -0.4 is 15.6 Å². The molecular formula is C29H32N4O4. The highest BCUT2D eigenvalue weighted by atomic mass is 16.3. The third kappa shape index (κ3) is 6.76. The summed E-state index contributed by atoms with van der Waals surface area (Å²) in [6, 6.07) is 17.8. The molecule has 0 aliphatic heterocycles. The molecule has 192 valence electrons. The topological polar surface area (TPSA) is 114 Å². The van der Waals surface area contributed by atoms with Crippen LogP contribution in [0.2, 0.25) is 0 Å². The van der Waals surface area contributed by atoms with E-state index in [9.17, 15) is 19.8 Å². The number of nitrogens with zero attached hydrogens (tertiary/aromatic N) is 2. The Kier molecular flexibility index (Phi) is 9.05. The number of benzene rings is 3. The molecule has 3 rings (SSSR count). The van der Waals surface area contributed by atoms with E-state index in [2.05, 4.69) is 34.6 Å². The Morgan fingerprint density at radius 2 is 1.62 bits per heavy atom. The first-order valence-electron chi connectivity index (χ1n) is 12.0. The first-order chi connectivity index (χ1) is 17.7. The zero-order valence-electron chi connectivity index (χ0n) is 21.4. The maximum absolute atomic E-state index is 13.0. The molecule has 2 amide bonds. The van der Waals surface area contributed by atoms with Gasteiger partial charge in [-0.1, -0.05) is 30.3 Å². The normalized spacial score (nSPS) is 11.4. The van der Waals surface area contributed by atoms with Gasteiger partial charge in [-0.05, 0) is 75.2 Å². The molecule has 0 atom stereocenters. The standard InChI is InChI=1S/C29H32N4O4/c1-5-33(6-2)23-14-12-21(13-15-23)17-25(31-28(36)22-10-8-7-9-11-22)29(37)32-30-18-24-19(3)16-26(34)20(4)27(24)35/h7-18,34-35H,5-6H2,1-4H3,(H,31,36)(H,32,37). The zero-order valence-corrected chi connectivity index (χ0v) is 21.4. The molecule has 3 aromatic carbocycles. The van der Waals surface area contributed by atoms with Crippen molar-refractivity contribution in [2.75, 3.05) is 18.0 Å². The van der Waals surface area contributed by atoms with Gasteiger partial charge >= 0.3 is 0 Å². The molecule has 0 unspecified atom stereocenters. The predicted molar refractivity (Wildman–Crippen MR) is 147 cm³/mol. The lowest BCUT2D eigenvalue weighted by atomic mass is 10.0. The number of aromatic hydroxyl groups is 2. The number of carbonyl (C=O) groups excluding carboxylic acids is 2. The molecule has 0 heterocycles. The number of hydrogen-bond acceptors (Lipinski definition) is 6. The van der Waals surface area contributed by atoms with Crippen molar-refractivity contribution in [3.8, 4) is 11.5 Å². The lowest BCUT2D eigenvalue weighted by molar-refractivity contribution is -0.117. The van der Waals surface area contributed by atoms with Gasteiger partial charge in [-0.15, -0.1) is 0 Å². The number of phenols is 2. The molecule has 8 nitrogen and oxygen atoms in total. The highest BCUT2D eigenvalue weighted by Crippen LogP contribution is 2.31. The van der Waals surface area contributed by atoms with Crippen LogP contribution in [-0.2, 0) is 4.79 Å². The summed E-state index contributed by atoms with van der Waals surface area (Å²) in [5.41, 5.74) is 5.86. The third-order valence-electron chi connectivity index (χ3n) is 5.99. The first kappa shape index (κ1) is 27.0. The molecule has 0 aliphatic rings. The number of amides is 2. The summed E-state index contributed by atoms with van der Waals surface area (Å²) < 4.78 is 0. The molecule has 0 aliphatic carbocycles. The van der Waals surface area contributed by atoms with Gasteiger partial charge in [0.25, 0.3) is 11.8 Å². The van der Waals surface area contributed by atoms with Gasteiger partial charge in [-0.25, -0.2) is 5.43 Å². The molecule has 4 N–H and O–H groups in total. The molecule has 3 aromatic rings. The number of carbonyl (C=O) groups is 2. The van der Waals surface area contributed by atoms with Gasteiger partial charge in [-0.2, -0.15) is 5.10 Å². The van der Waals surface area contributed by atoms with Gasteiger partial charge in [0.2, 0.25) is 0 Å².